The van der Waals surface area contributed by atoms with Gasteiger partial charge in [0.1, 0.15) is 0 Å². The van der Waals surface area contributed by atoms with Gasteiger partial charge in [0.15, 0.2) is 0 Å². The number of allylic oxidation sites excluding steroid dienone is 2. The summed E-state index contributed by atoms with van der Waals surface area (Å²) in [5, 5.41) is 0.263. The van der Waals surface area contributed by atoms with Crippen LogP contribution >= 0.6 is 0 Å². The molecule has 0 aliphatic heterocycles. The maximum atomic E-state index is 6.79. The second-order valence-corrected chi connectivity index (χ2v) is 12.5. The van der Waals surface area contributed by atoms with Crippen molar-refractivity contribution in [3.8, 4) is 0 Å². The summed E-state index contributed by atoms with van der Waals surface area (Å²) in [6.07, 6.45) is 4.81. The van der Waals surface area contributed by atoms with Crippen LogP contribution in [-0.4, -0.2) is 8.32 Å². The molecule has 0 spiro atoms. The van der Waals surface area contributed by atoms with Crippen LogP contribution in [0.15, 0.2) is 36.1 Å². The third-order valence-corrected chi connectivity index (χ3v) is 10.4. The Morgan fingerprint density at radius 2 is 1.59 bits per heavy atom. The highest BCUT2D eigenvalue weighted by Crippen LogP contribution is 2.47. The smallest absolute Gasteiger partial charge is 0.250 e. The van der Waals surface area contributed by atoms with E-state index in [9.17, 15) is 0 Å². The summed E-state index contributed by atoms with van der Waals surface area (Å²) < 4.78 is 6.79. The second-order valence-electron chi connectivity index (χ2n) is 7.96. The van der Waals surface area contributed by atoms with Crippen molar-refractivity contribution in [1.29, 1.82) is 0 Å². The van der Waals surface area contributed by atoms with Crippen LogP contribution in [0.2, 0.25) is 18.1 Å². The molecular weight excluding hydrogens is 284 g/mol. The second kappa shape index (κ2) is 6.62. The Balaban J connectivity index is 2.34. The predicted octanol–water partition coefficient (Wildman–Crippen LogP) is 6.63. The van der Waals surface area contributed by atoms with E-state index in [0.29, 0.717) is 5.92 Å². The minimum Gasteiger partial charge on any atom is -0.546 e. The molecule has 0 unspecified atom stereocenters. The molecule has 0 atom stereocenters. The fourth-order valence-electron chi connectivity index (χ4n) is 3.07. The molecule has 1 aromatic rings. The van der Waals surface area contributed by atoms with Gasteiger partial charge in [0, 0.05) is 6.42 Å². The van der Waals surface area contributed by atoms with E-state index in [1.165, 1.54) is 29.7 Å². The van der Waals surface area contributed by atoms with Crippen molar-refractivity contribution in [2.75, 3.05) is 0 Å². The van der Waals surface area contributed by atoms with Crippen LogP contribution in [-0.2, 0) is 4.43 Å². The number of benzene rings is 1. The molecule has 1 aliphatic rings. The average Bonchev–Trinajstić information content (AvgIpc) is 2.48. The molecule has 0 saturated heterocycles. The van der Waals surface area contributed by atoms with E-state index < -0.39 is 8.32 Å². The molecular formula is C20H32OSi. The van der Waals surface area contributed by atoms with Crippen LogP contribution in [0.1, 0.15) is 58.9 Å². The van der Waals surface area contributed by atoms with E-state index in [2.05, 4.69) is 71.1 Å². The summed E-state index contributed by atoms with van der Waals surface area (Å²) in [5.74, 6) is 1.92. The van der Waals surface area contributed by atoms with E-state index >= 15 is 0 Å². The molecule has 2 heteroatoms. The predicted molar refractivity (Wildman–Crippen MR) is 99.3 cm³/mol. The van der Waals surface area contributed by atoms with Gasteiger partial charge in [-0.1, -0.05) is 58.0 Å². The highest BCUT2D eigenvalue weighted by Gasteiger charge is 2.45. The van der Waals surface area contributed by atoms with Crippen LogP contribution in [0.25, 0.3) is 5.57 Å². The first-order chi connectivity index (χ1) is 10.3. The molecule has 22 heavy (non-hydrogen) atoms. The summed E-state index contributed by atoms with van der Waals surface area (Å²) >= 11 is 0. The van der Waals surface area contributed by atoms with Crippen molar-refractivity contribution in [3.05, 3.63) is 41.7 Å². The lowest BCUT2D eigenvalue weighted by molar-refractivity contribution is 0.321. The van der Waals surface area contributed by atoms with Crippen LogP contribution in [0.5, 0.6) is 0 Å². The van der Waals surface area contributed by atoms with Gasteiger partial charge in [0.2, 0.25) is 0 Å². The minimum absolute atomic E-state index is 0.263. The average molecular weight is 317 g/mol. The first kappa shape index (κ1) is 17.3. The molecule has 0 saturated carbocycles. The van der Waals surface area contributed by atoms with E-state index in [4.69, 9.17) is 4.43 Å². The van der Waals surface area contributed by atoms with Gasteiger partial charge in [0.05, 0.1) is 5.76 Å². The lowest BCUT2D eigenvalue weighted by atomic mass is 9.92. The van der Waals surface area contributed by atoms with E-state index in [1.54, 1.807) is 0 Å². The van der Waals surface area contributed by atoms with Crippen molar-refractivity contribution in [2.24, 2.45) is 5.92 Å². The molecule has 0 aromatic heterocycles. The number of hydrogen-bond acceptors (Lipinski definition) is 1. The largest absolute Gasteiger partial charge is 0.546 e. The summed E-state index contributed by atoms with van der Waals surface area (Å²) in [7, 11) is -1.81. The van der Waals surface area contributed by atoms with Gasteiger partial charge in [-0.25, -0.2) is 0 Å². The molecule has 0 amide bonds. The normalized spacial score (nSPS) is 17.0. The quantitative estimate of drug-likeness (QED) is 0.554. The lowest BCUT2D eigenvalue weighted by Crippen LogP contribution is -2.45. The number of hydrogen-bond donors (Lipinski definition) is 0. The van der Waals surface area contributed by atoms with Gasteiger partial charge < -0.3 is 4.43 Å². The monoisotopic (exact) mass is 316 g/mol. The molecule has 122 valence electrons. The van der Waals surface area contributed by atoms with Gasteiger partial charge >= 0.3 is 0 Å². The van der Waals surface area contributed by atoms with Crippen molar-refractivity contribution in [1.82, 2.24) is 0 Å². The SMILES string of the molecule is CC(C)C(C)(C)[Si](C)(C)OC1=C(c2ccccc2)CCCC1. The Morgan fingerprint density at radius 1 is 1.00 bits per heavy atom. The third-order valence-electron chi connectivity index (χ3n) is 5.91. The molecule has 0 radical (unpaired) electrons. The van der Waals surface area contributed by atoms with Gasteiger partial charge in [0.25, 0.3) is 8.32 Å². The number of rotatable bonds is 5. The molecule has 0 heterocycles. The van der Waals surface area contributed by atoms with E-state index in [0.717, 1.165) is 12.8 Å². The highest BCUT2D eigenvalue weighted by atomic mass is 28.4. The summed E-state index contributed by atoms with van der Waals surface area (Å²) in [6, 6.07) is 10.8. The van der Waals surface area contributed by atoms with Crippen LogP contribution < -0.4 is 0 Å². The Kier molecular flexibility index (Phi) is 5.21. The van der Waals surface area contributed by atoms with Crippen molar-refractivity contribution < 1.29 is 4.43 Å². The zero-order valence-electron chi connectivity index (χ0n) is 15.2. The maximum absolute atomic E-state index is 6.79. The van der Waals surface area contributed by atoms with E-state index in [-0.39, 0.29) is 5.04 Å². The van der Waals surface area contributed by atoms with Gasteiger partial charge in [-0.2, -0.15) is 0 Å². The Morgan fingerprint density at radius 3 is 2.18 bits per heavy atom. The highest BCUT2D eigenvalue weighted by molar-refractivity contribution is 6.74. The summed E-state index contributed by atoms with van der Waals surface area (Å²) in [4.78, 5) is 0. The Bertz CT molecular complexity index is 526. The minimum atomic E-state index is -1.81. The van der Waals surface area contributed by atoms with E-state index in [1.807, 2.05) is 0 Å². The Labute approximate surface area is 137 Å². The summed E-state index contributed by atoms with van der Waals surface area (Å²) in [5.41, 5.74) is 2.80. The fraction of sp³-hybridized carbons (Fsp3) is 0.600. The molecule has 1 nitrogen and oxygen atoms in total. The zero-order chi connectivity index (χ0) is 16.4. The third kappa shape index (κ3) is 3.48. The molecule has 0 bridgehead atoms. The topological polar surface area (TPSA) is 9.23 Å². The molecule has 0 fully saturated rings. The standard InChI is InChI=1S/C20H32OSi/c1-16(2)20(3,4)22(5,6)21-19-15-11-10-14-18(19)17-12-8-7-9-13-17/h7-9,12-13,16H,10-11,14-15H2,1-6H3. The molecule has 0 N–H and O–H groups in total. The molecule has 1 aromatic carbocycles. The first-order valence-electron chi connectivity index (χ1n) is 8.72. The maximum Gasteiger partial charge on any atom is 0.250 e. The van der Waals surface area contributed by atoms with Crippen molar-refractivity contribution in [3.63, 3.8) is 0 Å². The Hall–Kier alpha value is -1.02. The van der Waals surface area contributed by atoms with Crippen molar-refractivity contribution in [2.45, 2.75) is 71.5 Å². The zero-order valence-corrected chi connectivity index (χ0v) is 16.2. The van der Waals surface area contributed by atoms with Crippen LogP contribution in [0.3, 0.4) is 0 Å². The van der Waals surface area contributed by atoms with Gasteiger partial charge in [-0.3, -0.25) is 0 Å². The van der Waals surface area contributed by atoms with Crippen LogP contribution in [0.4, 0.5) is 0 Å². The lowest BCUT2D eigenvalue weighted by Gasteiger charge is -2.44. The molecule has 1 aliphatic carbocycles. The van der Waals surface area contributed by atoms with Crippen molar-refractivity contribution >= 4 is 13.9 Å². The first-order valence-corrected chi connectivity index (χ1v) is 11.6. The van der Waals surface area contributed by atoms with Gasteiger partial charge in [-0.05, 0) is 54.4 Å². The fourth-order valence-corrected chi connectivity index (χ4v) is 5.56. The van der Waals surface area contributed by atoms with Crippen LogP contribution in [0, 0.1) is 5.92 Å². The summed E-state index contributed by atoms with van der Waals surface area (Å²) in [6.45, 7) is 14.2. The molecule has 2 rings (SSSR count). The van der Waals surface area contributed by atoms with Gasteiger partial charge in [-0.15, -0.1) is 0 Å².